The van der Waals surface area contributed by atoms with E-state index >= 15 is 4.39 Å². The second-order valence-electron chi connectivity index (χ2n) is 10.5. The normalized spacial score (nSPS) is 26.5. The van der Waals surface area contributed by atoms with Gasteiger partial charge in [-0.05, 0) is 61.9 Å². The van der Waals surface area contributed by atoms with Crippen LogP contribution < -0.4 is 5.73 Å². The topological polar surface area (TPSA) is 126 Å². The van der Waals surface area contributed by atoms with Gasteiger partial charge in [-0.2, -0.15) is 0 Å². The van der Waals surface area contributed by atoms with Gasteiger partial charge < -0.3 is 10.6 Å². The van der Waals surface area contributed by atoms with Crippen LogP contribution in [0, 0.1) is 17.6 Å². The van der Waals surface area contributed by atoms with E-state index in [1.165, 1.54) is 37.1 Å². The van der Waals surface area contributed by atoms with Gasteiger partial charge in [0.2, 0.25) is 21.9 Å². The Kier molecular flexibility index (Phi) is 6.28. The largest absolute Gasteiger partial charge is 0.369 e. The second kappa shape index (κ2) is 9.11. The van der Waals surface area contributed by atoms with E-state index in [4.69, 9.17) is 5.73 Å². The number of carbonyl (C=O) groups excluding carboxylic acids is 2. The van der Waals surface area contributed by atoms with E-state index < -0.39 is 37.7 Å². The highest BCUT2D eigenvalue weighted by Crippen LogP contribution is 2.52. The minimum atomic E-state index is -4.18. The maximum atomic E-state index is 15.5. The maximum absolute atomic E-state index is 15.5. The van der Waals surface area contributed by atoms with E-state index in [2.05, 4.69) is 9.98 Å². The Balaban J connectivity index is 1.55. The molecule has 1 aromatic carbocycles. The first-order chi connectivity index (χ1) is 17.9. The number of rotatable bonds is 6. The van der Waals surface area contributed by atoms with Crippen LogP contribution in [0.3, 0.4) is 0 Å². The molecule has 5 rings (SSSR count). The number of aliphatic imine (C=N–C) groups is 1. The van der Waals surface area contributed by atoms with E-state index in [9.17, 15) is 22.4 Å². The Hall–Kier alpha value is -3.41. The van der Waals surface area contributed by atoms with Crippen LogP contribution in [-0.4, -0.2) is 65.1 Å². The van der Waals surface area contributed by atoms with Crippen LogP contribution in [0.2, 0.25) is 0 Å². The lowest BCUT2D eigenvalue weighted by Crippen LogP contribution is -2.66. The summed E-state index contributed by atoms with van der Waals surface area (Å²) in [5.41, 5.74) is 4.77. The quantitative estimate of drug-likeness (QED) is 0.556. The zero-order valence-electron chi connectivity index (χ0n) is 21.2. The predicted octanol–water partition coefficient (Wildman–Crippen LogP) is 2.36. The molecule has 1 spiro atoms. The summed E-state index contributed by atoms with van der Waals surface area (Å²) in [5, 5.41) is 0. The molecule has 1 saturated heterocycles. The summed E-state index contributed by atoms with van der Waals surface area (Å²) in [7, 11) is -2.88. The van der Waals surface area contributed by atoms with Gasteiger partial charge in [0.1, 0.15) is 27.6 Å². The van der Waals surface area contributed by atoms with Crippen molar-refractivity contribution in [2.45, 2.75) is 49.3 Å². The smallest absolute Gasteiger partial charge is 0.247 e. The molecule has 2 fully saturated rings. The maximum Gasteiger partial charge on any atom is 0.247 e. The van der Waals surface area contributed by atoms with E-state index in [1.54, 1.807) is 0 Å². The van der Waals surface area contributed by atoms with Crippen LogP contribution in [0.5, 0.6) is 0 Å². The molecule has 0 bridgehead atoms. The standard InChI is InChI=1S/C26H29F2N5O4S/c1-25(19-11-17(5-7-20(19)28)12-22(34)21-8-6-18(27)14-30-21)26(38(36,37)32(2)24(29)31-25)9-10-33(15-26)23(35)13-16-3-4-16/h5-8,11,14,16H,3-4,9-10,12-13,15H2,1-2H3,(H2,29,31)/t25-,26?/m1/s1. The van der Waals surface area contributed by atoms with Gasteiger partial charge in [-0.1, -0.05) is 6.07 Å². The first kappa shape index (κ1) is 26.2. The van der Waals surface area contributed by atoms with Crippen molar-refractivity contribution < 1.29 is 26.8 Å². The van der Waals surface area contributed by atoms with Gasteiger partial charge in [-0.25, -0.2) is 26.5 Å². The fourth-order valence-corrected chi connectivity index (χ4v) is 7.65. The molecule has 1 amide bonds. The Morgan fingerprint density at radius 3 is 2.58 bits per heavy atom. The fraction of sp³-hybridized carbons (Fsp3) is 0.462. The van der Waals surface area contributed by atoms with Crippen molar-refractivity contribution in [1.82, 2.24) is 14.2 Å². The third kappa shape index (κ3) is 4.14. The molecule has 38 heavy (non-hydrogen) atoms. The number of hydrogen-bond donors (Lipinski definition) is 1. The van der Waals surface area contributed by atoms with E-state index in [0.717, 1.165) is 35.5 Å². The Bertz CT molecular complexity index is 1440. The van der Waals surface area contributed by atoms with Crippen molar-refractivity contribution in [3.8, 4) is 0 Å². The third-order valence-electron chi connectivity index (χ3n) is 8.08. The van der Waals surface area contributed by atoms with Crippen LogP contribution >= 0.6 is 0 Å². The first-order valence-corrected chi connectivity index (χ1v) is 13.9. The molecule has 12 heteroatoms. The molecule has 202 valence electrons. The highest BCUT2D eigenvalue weighted by atomic mass is 32.2. The number of amides is 1. The summed E-state index contributed by atoms with van der Waals surface area (Å²) in [4.78, 5) is 35.6. The second-order valence-corrected chi connectivity index (χ2v) is 12.8. The minimum absolute atomic E-state index is 0.0361. The SMILES string of the molecule is CN1C(N)=N[C@](C)(c2cc(CC(=O)c3ccc(F)cn3)ccc2F)C2(CCN(C(=O)CC3CC3)C2)S1(=O)=O. The molecule has 0 radical (unpaired) electrons. The van der Waals surface area contributed by atoms with Crippen LogP contribution in [0.15, 0.2) is 41.5 Å². The van der Waals surface area contributed by atoms with Crippen molar-refractivity contribution in [2.24, 2.45) is 16.6 Å². The van der Waals surface area contributed by atoms with Gasteiger partial charge in [0, 0.05) is 38.5 Å². The summed E-state index contributed by atoms with van der Waals surface area (Å²) in [6, 6.07) is 6.39. The van der Waals surface area contributed by atoms with E-state index in [-0.39, 0.29) is 49.1 Å². The predicted molar refractivity (Wildman–Crippen MR) is 136 cm³/mol. The van der Waals surface area contributed by atoms with Crippen LogP contribution in [0.25, 0.3) is 0 Å². The van der Waals surface area contributed by atoms with Gasteiger partial charge >= 0.3 is 0 Å². The van der Waals surface area contributed by atoms with Gasteiger partial charge in [0.25, 0.3) is 0 Å². The Morgan fingerprint density at radius 1 is 1.18 bits per heavy atom. The average Bonchev–Trinajstić information content (AvgIpc) is 3.56. The molecule has 1 aromatic heterocycles. The van der Waals surface area contributed by atoms with E-state index in [0.29, 0.717) is 17.9 Å². The number of nitrogens with zero attached hydrogens (tertiary/aromatic N) is 4. The number of nitrogens with two attached hydrogens (primary N) is 1. The molecule has 3 aliphatic rings. The molecular formula is C26H29F2N5O4S. The number of ketones is 1. The molecule has 2 N–H and O–H groups in total. The van der Waals surface area contributed by atoms with Crippen molar-refractivity contribution in [3.05, 3.63) is 65.0 Å². The Labute approximate surface area is 219 Å². The molecule has 2 aliphatic heterocycles. The zero-order valence-corrected chi connectivity index (χ0v) is 22.0. The number of aromatic nitrogens is 1. The van der Waals surface area contributed by atoms with E-state index in [1.807, 2.05) is 0 Å². The fourth-order valence-electron chi connectivity index (χ4n) is 5.52. The number of benzene rings is 1. The summed E-state index contributed by atoms with van der Waals surface area (Å²) < 4.78 is 55.8. The number of sulfonamides is 1. The number of pyridine rings is 1. The molecule has 9 nitrogen and oxygen atoms in total. The number of Topliss-reactive ketones (excluding diaryl/α,β-unsaturated/α-hetero) is 1. The van der Waals surface area contributed by atoms with Gasteiger partial charge in [0.15, 0.2) is 5.78 Å². The summed E-state index contributed by atoms with van der Waals surface area (Å²) in [5.74, 6) is -1.80. The molecular weight excluding hydrogens is 516 g/mol. The number of hydrogen-bond acceptors (Lipinski definition) is 7. The lowest BCUT2D eigenvalue weighted by atomic mass is 9.77. The molecule has 3 heterocycles. The van der Waals surface area contributed by atoms with Gasteiger partial charge in [-0.15, -0.1) is 0 Å². The summed E-state index contributed by atoms with van der Waals surface area (Å²) in [6.07, 6.45) is 3.13. The number of guanidine groups is 1. The summed E-state index contributed by atoms with van der Waals surface area (Å²) in [6.45, 7) is 1.56. The van der Waals surface area contributed by atoms with Crippen molar-refractivity contribution >= 4 is 27.7 Å². The highest BCUT2D eigenvalue weighted by Gasteiger charge is 2.66. The zero-order chi connectivity index (χ0) is 27.5. The molecule has 1 unspecified atom stereocenters. The molecule has 1 aliphatic carbocycles. The van der Waals surface area contributed by atoms with Crippen molar-refractivity contribution in [2.75, 3.05) is 20.1 Å². The minimum Gasteiger partial charge on any atom is -0.369 e. The lowest BCUT2D eigenvalue weighted by molar-refractivity contribution is -0.130. The average molecular weight is 546 g/mol. The van der Waals surface area contributed by atoms with Crippen LogP contribution in [-0.2, 0) is 26.8 Å². The molecule has 1 saturated carbocycles. The number of carbonyl (C=O) groups is 2. The number of halogens is 2. The van der Waals surface area contributed by atoms with Crippen LogP contribution in [0.1, 0.15) is 54.2 Å². The van der Waals surface area contributed by atoms with Crippen molar-refractivity contribution in [1.29, 1.82) is 0 Å². The van der Waals surface area contributed by atoms with Gasteiger partial charge in [0.05, 0.1) is 6.20 Å². The van der Waals surface area contributed by atoms with Crippen molar-refractivity contribution in [3.63, 3.8) is 0 Å². The van der Waals surface area contributed by atoms with Gasteiger partial charge in [-0.3, -0.25) is 14.6 Å². The first-order valence-electron chi connectivity index (χ1n) is 12.4. The highest BCUT2D eigenvalue weighted by molar-refractivity contribution is 7.91. The lowest BCUT2D eigenvalue weighted by Gasteiger charge is -2.48. The monoisotopic (exact) mass is 545 g/mol. The molecule has 2 aromatic rings. The number of likely N-dealkylation sites (tertiary alicyclic amines) is 1. The Morgan fingerprint density at radius 2 is 1.92 bits per heavy atom. The summed E-state index contributed by atoms with van der Waals surface area (Å²) >= 11 is 0. The third-order valence-corrected chi connectivity index (χ3v) is 10.7. The molecule has 2 atom stereocenters. The van der Waals surface area contributed by atoms with Crippen LogP contribution in [0.4, 0.5) is 8.78 Å².